The van der Waals surface area contributed by atoms with Gasteiger partial charge in [0.1, 0.15) is 0 Å². The van der Waals surface area contributed by atoms with E-state index in [4.69, 9.17) is 0 Å². The molecule has 0 fully saturated rings. The number of rotatable bonds is 1. The maximum atomic E-state index is 12.9. The van der Waals surface area contributed by atoms with Gasteiger partial charge in [-0.05, 0) is 65.4 Å². The van der Waals surface area contributed by atoms with E-state index in [1.807, 2.05) is 47.4 Å². The Balaban J connectivity index is 1.99. The molecule has 0 spiro atoms. The van der Waals surface area contributed by atoms with Crippen molar-refractivity contribution in [2.75, 3.05) is 11.4 Å². The van der Waals surface area contributed by atoms with Gasteiger partial charge in [-0.2, -0.15) is 0 Å². The summed E-state index contributed by atoms with van der Waals surface area (Å²) in [6.45, 7) is 3.59. The molecule has 1 amide bonds. The maximum Gasteiger partial charge on any atom is 0.258 e. The first-order valence-electron chi connectivity index (χ1n) is 7.04. The Kier molecular flexibility index (Phi) is 4.26. The number of hydrogen-bond acceptors (Lipinski definition) is 2. The molecule has 0 bridgehead atoms. The summed E-state index contributed by atoms with van der Waals surface area (Å²) in [4.78, 5) is 14.8. The minimum Gasteiger partial charge on any atom is -0.308 e. The number of halogens is 1. The molecule has 1 aliphatic rings. The van der Waals surface area contributed by atoms with Gasteiger partial charge in [0.2, 0.25) is 0 Å². The Morgan fingerprint density at radius 1 is 1.19 bits per heavy atom. The van der Waals surface area contributed by atoms with Gasteiger partial charge in [-0.25, -0.2) is 0 Å². The molecule has 108 valence electrons. The van der Waals surface area contributed by atoms with Gasteiger partial charge in [0.05, 0.1) is 0 Å². The molecule has 0 radical (unpaired) electrons. The van der Waals surface area contributed by atoms with Crippen LogP contribution in [-0.4, -0.2) is 18.5 Å². The van der Waals surface area contributed by atoms with E-state index < -0.39 is 0 Å². The van der Waals surface area contributed by atoms with E-state index in [0.717, 1.165) is 21.4 Å². The van der Waals surface area contributed by atoms with Crippen LogP contribution >= 0.6 is 22.6 Å². The third-order valence-corrected chi connectivity index (χ3v) is 4.44. The van der Waals surface area contributed by atoms with Crippen LogP contribution in [-0.2, 0) is 6.54 Å². The molecule has 0 aromatic heterocycles. The minimum atomic E-state index is 0.0643. The van der Waals surface area contributed by atoms with Gasteiger partial charge in [0.25, 0.3) is 5.91 Å². The monoisotopic (exact) mass is 392 g/mol. The molecule has 1 aliphatic heterocycles. The van der Waals surface area contributed by atoms with E-state index in [1.165, 1.54) is 5.56 Å². The molecular formula is C17H17IN2O. The lowest BCUT2D eigenvalue weighted by Gasteiger charge is -2.24. The minimum absolute atomic E-state index is 0.0643. The van der Waals surface area contributed by atoms with E-state index in [-0.39, 0.29) is 11.9 Å². The summed E-state index contributed by atoms with van der Waals surface area (Å²) in [6.07, 6.45) is 0. The summed E-state index contributed by atoms with van der Waals surface area (Å²) in [5.41, 5.74) is 2.91. The molecule has 1 atom stereocenters. The third-order valence-electron chi connectivity index (χ3n) is 3.72. The zero-order valence-electron chi connectivity index (χ0n) is 11.8. The number of nitrogens with zero attached hydrogens (tertiary/aromatic N) is 1. The van der Waals surface area contributed by atoms with Crippen molar-refractivity contribution in [3.8, 4) is 0 Å². The normalized spacial score (nSPS) is 18.0. The predicted molar refractivity (Wildman–Crippen MR) is 93.6 cm³/mol. The number of benzene rings is 2. The fourth-order valence-electron chi connectivity index (χ4n) is 2.59. The van der Waals surface area contributed by atoms with Crippen molar-refractivity contribution in [1.82, 2.24) is 5.32 Å². The van der Waals surface area contributed by atoms with Crippen LogP contribution in [0.5, 0.6) is 0 Å². The predicted octanol–water partition coefficient (Wildman–Crippen LogP) is 3.43. The smallest absolute Gasteiger partial charge is 0.258 e. The second-order valence-electron chi connectivity index (χ2n) is 5.33. The van der Waals surface area contributed by atoms with Crippen molar-refractivity contribution in [3.05, 3.63) is 63.2 Å². The van der Waals surface area contributed by atoms with E-state index in [1.54, 1.807) is 0 Å². The van der Waals surface area contributed by atoms with Gasteiger partial charge in [0, 0.05) is 34.0 Å². The molecule has 0 saturated heterocycles. The molecule has 0 saturated carbocycles. The first kappa shape index (κ1) is 14.5. The summed E-state index contributed by atoms with van der Waals surface area (Å²) in [6, 6.07) is 16.1. The third kappa shape index (κ3) is 3.11. The van der Waals surface area contributed by atoms with E-state index in [0.29, 0.717) is 6.54 Å². The lowest BCUT2D eigenvalue weighted by molar-refractivity contribution is 0.0985. The average molecular weight is 392 g/mol. The Morgan fingerprint density at radius 3 is 2.67 bits per heavy atom. The zero-order valence-corrected chi connectivity index (χ0v) is 14.0. The fraction of sp³-hybridized carbons (Fsp3) is 0.235. The quantitative estimate of drug-likeness (QED) is 0.755. The molecule has 2 aromatic carbocycles. The topological polar surface area (TPSA) is 32.3 Å². The summed E-state index contributed by atoms with van der Waals surface area (Å²) in [5, 5.41) is 3.45. The number of anilines is 1. The van der Waals surface area contributed by atoms with Crippen LogP contribution in [0.4, 0.5) is 5.69 Å². The zero-order chi connectivity index (χ0) is 14.8. The molecule has 1 N–H and O–H groups in total. The molecule has 3 nitrogen and oxygen atoms in total. The molecule has 0 aliphatic carbocycles. The fourth-order valence-corrected chi connectivity index (χ4v) is 2.94. The molecular weight excluding hydrogens is 375 g/mol. The highest BCUT2D eigenvalue weighted by Gasteiger charge is 2.24. The molecule has 1 heterocycles. The van der Waals surface area contributed by atoms with Crippen LogP contribution in [0.25, 0.3) is 0 Å². The van der Waals surface area contributed by atoms with Gasteiger partial charge < -0.3 is 10.2 Å². The lowest BCUT2D eigenvalue weighted by atomic mass is 10.1. The highest BCUT2D eigenvalue weighted by Crippen LogP contribution is 2.25. The number of fused-ring (bicyclic) bond motifs is 1. The van der Waals surface area contributed by atoms with Crippen molar-refractivity contribution in [2.45, 2.75) is 19.5 Å². The highest BCUT2D eigenvalue weighted by atomic mass is 127. The number of carbonyl (C=O) groups is 1. The summed E-state index contributed by atoms with van der Waals surface area (Å²) < 4.78 is 1.13. The van der Waals surface area contributed by atoms with Crippen LogP contribution in [0.2, 0.25) is 0 Å². The van der Waals surface area contributed by atoms with Gasteiger partial charge in [-0.1, -0.05) is 18.2 Å². The lowest BCUT2D eigenvalue weighted by Crippen LogP contribution is -2.39. The van der Waals surface area contributed by atoms with Crippen LogP contribution < -0.4 is 10.2 Å². The average Bonchev–Trinajstić information content (AvgIpc) is 2.67. The Hall–Kier alpha value is -1.40. The number of para-hydroxylation sites is 1. The summed E-state index contributed by atoms with van der Waals surface area (Å²) in [7, 11) is 0. The van der Waals surface area contributed by atoms with Gasteiger partial charge in [0.15, 0.2) is 0 Å². The van der Waals surface area contributed by atoms with Gasteiger partial charge >= 0.3 is 0 Å². The van der Waals surface area contributed by atoms with Crippen molar-refractivity contribution < 1.29 is 4.79 Å². The van der Waals surface area contributed by atoms with E-state index >= 15 is 0 Å². The molecule has 1 unspecified atom stereocenters. The largest absolute Gasteiger partial charge is 0.308 e. The second kappa shape index (κ2) is 6.15. The summed E-state index contributed by atoms with van der Waals surface area (Å²) >= 11 is 2.25. The van der Waals surface area contributed by atoms with Crippen molar-refractivity contribution in [2.24, 2.45) is 0 Å². The maximum absolute atomic E-state index is 12.9. The van der Waals surface area contributed by atoms with Crippen LogP contribution in [0.1, 0.15) is 22.8 Å². The Bertz CT molecular complexity index is 654. The van der Waals surface area contributed by atoms with Crippen molar-refractivity contribution in [3.63, 3.8) is 0 Å². The van der Waals surface area contributed by atoms with Gasteiger partial charge in [-0.15, -0.1) is 0 Å². The van der Waals surface area contributed by atoms with Crippen LogP contribution in [0.15, 0.2) is 48.5 Å². The van der Waals surface area contributed by atoms with E-state index in [2.05, 4.69) is 40.9 Å². The Labute approximate surface area is 138 Å². The Morgan fingerprint density at radius 2 is 1.90 bits per heavy atom. The van der Waals surface area contributed by atoms with Crippen molar-refractivity contribution >= 4 is 34.2 Å². The first-order chi connectivity index (χ1) is 10.1. The standard InChI is InChI=1S/C17H17IN2O/c1-12-11-20(16-5-3-2-4-14(16)10-19-12)17(21)13-6-8-15(18)9-7-13/h2-9,12,19H,10-11H2,1H3. The molecule has 2 aromatic rings. The first-order valence-corrected chi connectivity index (χ1v) is 8.12. The van der Waals surface area contributed by atoms with Crippen LogP contribution in [0.3, 0.4) is 0 Å². The number of nitrogens with one attached hydrogen (secondary N) is 1. The van der Waals surface area contributed by atoms with Gasteiger partial charge in [-0.3, -0.25) is 4.79 Å². The number of carbonyl (C=O) groups excluding carboxylic acids is 1. The molecule has 3 rings (SSSR count). The number of hydrogen-bond donors (Lipinski definition) is 1. The second-order valence-corrected chi connectivity index (χ2v) is 6.58. The van der Waals surface area contributed by atoms with E-state index in [9.17, 15) is 4.79 Å². The van der Waals surface area contributed by atoms with Crippen LogP contribution in [0, 0.1) is 3.57 Å². The summed E-state index contributed by atoms with van der Waals surface area (Å²) in [5.74, 6) is 0.0643. The highest BCUT2D eigenvalue weighted by molar-refractivity contribution is 14.1. The number of amides is 1. The molecule has 4 heteroatoms. The van der Waals surface area contributed by atoms with Crippen molar-refractivity contribution in [1.29, 1.82) is 0 Å². The molecule has 21 heavy (non-hydrogen) atoms. The SMILES string of the molecule is CC1CN(C(=O)c2ccc(I)cc2)c2ccccc2CN1.